The Kier molecular flexibility index (Phi) is 4.36. The van der Waals surface area contributed by atoms with Crippen LogP contribution >= 0.6 is 0 Å². The number of rotatable bonds is 4. The molecule has 1 aliphatic heterocycles. The molecule has 0 spiro atoms. The highest BCUT2D eigenvalue weighted by Gasteiger charge is 2.20. The number of ketones is 1. The molecular weight excluding hydrogens is 250 g/mol. The van der Waals surface area contributed by atoms with Gasteiger partial charge >= 0.3 is 0 Å². The third kappa shape index (κ3) is 3.04. The molecule has 0 bridgehead atoms. The van der Waals surface area contributed by atoms with Crippen LogP contribution in [0.3, 0.4) is 0 Å². The van der Waals surface area contributed by atoms with E-state index < -0.39 is 0 Å². The van der Waals surface area contributed by atoms with Gasteiger partial charge in [-0.25, -0.2) is 0 Å². The second-order valence-electron chi connectivity index (χ2n) is 5.81. The summed E-state index contributed by atoms with van der Waals surface area (Å²) >= 11 is 0. The average Bonchev–Trinajstić information content (AvgIpc) is 2.49. The second-order valence-corrected chi connectivity index (χ2v) is 5.81. The minimum absolute atomic E-state index is 0.271. The van der Waals surface area contributed by atoms with Crippen molar-refractivity contribution in [2.24, 2.45) is 0 Å². The summed E-state index contributed by atoms with van der Waals surface area (Å²) in [6.07, 6.45) is 6.61. The van der Waals surface area contributed by atoms with Gasteiger partial charge < -0.3 is 4.74 Å². The first-order chi connectivity index (χ1) is 9.84. The number of piperidine rings is 1. The van der Waals surface area contributed by atoms with Crippen LogP contribution in [0.25, 0.3) is 0 Å². The van der Waals surface area contributed by atoms with E-state index in [9.17, 15) is 4.79 Å². The molecular formula is C17H23NO2. The Morgan fingerprint density at radius 2 is 1.90 bits per heavy atom. The number of Topliss-reactive ketones (excluding diaryl/α,β-unsaturated/α-hetero) is 1. The quantitative estimate of drug-likeness (QED) is 0.844. The molecule has 0 saturated carbocycles. The Morgan fingerprint density at radius 3 is 2.75 bits per heavy atom. The minimum atomic E-state index is 0.271. The molecule has 0 N–H and O–H groups in total. The highest BCUT2D eigenvalue weighted by molar-refractivity contribution is 5.99. The zero-order valence-corrected chi connectivity index (χ0v) is 12.1. The van der Waals surface area contributed by atoms with Gasteiger partial charge in [0.15, 0.2) is 5.78 Å². The maximum absolute atomic E-state index is 11.9. The highest BCUT2D eigenvalue weighted by atomic mass is 16.5. The molecule has 1 heterocycles. The van der Waals surface area contributed by atoms with Gasteiger partial charge in [0.2, 0.25) is 0 Å². The van der Waals surface area contributed by atoms with Crippen LogP contribution in [0, 0.1) is 0 Å². The maximum Gasteiger partial charge on any atom is 0.163 e. The van der Waals surface area contributed by atoms with Gasteiger partial charge in [0.25, 0.3) is 0 Å². The first kappa shape index (κ1) is 13.6. The van der Waals surface area contributed by atoms with Crippen molar-refractivity contribution in [3.8, 4) is 5.75 Å². The van der Waals surface area contributed by atoms with E-state index in [-0.39, 0.29) is 5.78 Å². The van der Waals surface area contributed by atoms with Crippen LogP contribution < -0.4 is 4.74 Å². The van der Waals surface area contributed by atoms with Crippen molar-refractivity contribution in [3.05, 3.63) is 29.3 Å². The maximum atomic E-state index is 11.9. The molecule has 1 aliphatic carbocycles. The highest BCUT2D eigenvalue weighted by Crippen LogP contribution is 2.29. The summed E-state index contributed by atoms with van der Waals surface area (Å²) in [7, 11) is 0. The summed E-state index contributed by atoms with van der Waals surface area (Å²) < 4.78 is 5.96. The Hall–Kier alpha value is -1.35. The predicted molar refractivity (Wildman–Crippen MR) is 79.5 cm³/mol. The number of hydrogen-bond acceptors (Lipinski definition) is 3. The molecule has 20 heavy (non-hydrogen) atoms. The van der Waals surface area contributed by atoms with E-state index in [2.05, 4.69) is 4.90 Å². The van der Waals surface area contributed by atoms with Crippen molar-refractivity contribution < 1.29 is 9.53 Å². The fourth-order valence-corrected chi connectivity index (χ4v) is 3.25. The molecule has 1 fully saturated rings. The summed E-state index contributed by atoms with van der Waals surface area (Å²) in [6, 6.07) is 5.89. The lowest BCUT2D eigenvalue weighted by atomic mass is 9.90. The van der Waals surface area contributed by atoms with Crippen LogP contribution in [0.1, 0.15) is 48.0 Å². The molecule has 0 atom stereocenters. The molecule has 1 aromatic carbocycles. The second kappa shape index (κ2) is 6.40. The number of carbonyl (C=O) groups is 1. The number of carbonyl (C=O) groups excluding carboxylic acids is 1. The van der Waals surface area contributed by atoms with Gasteiger partial charge in [-0.2, -0.15) is 0 Å². The van der Waals surface area contributed by atoms with Crippen molar-refractivity contribution >= 4 is 5.78 Å². The Bertz CT molecular complexity index is 478. The zero-order chi connectivity index (χ0) is 13.8. The Labute approximate surface area is 120 Å². The Balaban J connectivity index is 1.60. The van der Waals surface area contributed by atoms with Crippen molar-refractivity contribution in [2.75, 3.05) is 26.2 Å². The third-order valence-electron chi connectivity index (χ3n) is 4.38. The number of likely N-dealkylation sites (tertiary alicyclic amines) is 1. The van der Waals surface area contributed by atoms with Crippen LogP contribution in [0.2, 0.25) is 0 Å². The molecule has 1 saturated heterocycles. The Morgan fingerprint density at radius 1 is 1.05 bits per heavy atom. The predicted octanol–water partition coefficient (Wildman–Crippen LogP) is 3.07. The van der Waals surface area contributed by atoms with Gasteiger partial charge in [0.05, 0.1) is 0 Å². The van der Waals surface area contributed by atoms with Crippen LogP contribution in [0.5, 0.6) is 5.75 Å². The lowest BCUT2D eigenvalue weighted by molar-refractivity contribution is 0.0971. The van der Waals surface area contributed by atoms with Gasteiger partial charge in [-0.05, 0) is 44.8 Å². The number of hydrogen-bond donors (Lipinski definition) is 0. The molecule has 3 heteroatoms. The summed E-state index contributed by atoms with van der Waals surface area (Å²) in [5.41, 5.74) is 2.01. The van der Waals surface area contributed by atoms with Crippen LogP contribution in [-0.2, 0) is 6.42 Å². The smallest absolute Gasteiger partial charge is 0.163 e. The van der Waals surface area contributed by atoms with Crippen molar-refractivity contribution in [3.63, 3.8) is 0 Å². The number of ether oxygens (including phenoxy) is 1. The fraction of sp³-hybridized carbons (Fsp3) is 0.588. The largest absolute Gasteiger partial charge is 0.492 e. The zero-order valence-electron chi connectivity index (χ0n) is 12.1. The number of nitrogens with zero attached hydrogens (tertiary/aromatic N) is 1. The molecule has 0 aromatic heterocycles. The van der Waals surface area contributed by atoms with E-state index in [0.29, 0.717) is 6.42 Å². The molecule has 3 rings (SSSR count). The monoisotopic (exact) mass is 273 g/mol. The molecule has 3 nitrogen and oxygen atoms in total. The van der Waals surface area contributed by atoms with Gasteiger partial charge in [0.1, 0.15) is 12.4 Å². The molecule has 0 radical (unpaired) electrons. The van der Waals surface area contributed by atoms with Crippen LogP contribution in [-0.4, -0.2) is 36.9 Å². The molecule has 2 aliphatic rings. The minimum Gasteiger partial charge on any atom is -0.492 e. The topological polar surface area (TPSA) is 29.5 Å². The third-order valence-corrected chi connectivity index (χ3v) is 4.38. The van der Waals surface area contributed by atoms with Gasteiger partial charge in [-0.1, -0.05) is 18.6 Å². The van der Waals surface area contributed by atoms with E-state index in [1.807, 2.05) is 18.2 Å². The fourth-order valence-electron chi connectivity index (χ4n) is 3.25. The van der Waals surface area contributed by atoms with Gasteiger partial charge in [-0.3, -0.25) is 9.69 Å². The summed E-state index contributed by atoms with van der Waals surface area (Å²) in [5, 5.41) is 0. The van der Waals surface area contributed by atoms with Gasteiger partial charge in [-0.15, -0.1) is 0 Å². The SMILES string of the molecule is O=C1CCCc2c(OCCN3CCCCC3)cccc21. The average molecular weight is 273 g/mol. The standard InChI is InChI=1S/C17H23NO2/c19-16-8-4-7-15-14(16)6-5-9-17(15)20-13-12-18-10-2-1-3-11-18/h5-6,9H,1-4,7-8,10-13H2. The van der Waals surface area contributed by atoms with Crippen molar-refractivity contribution in [2.45, 2.75) is 38.5 Å². The van der Waals surface area contributed by atoms with E-state index in [1.165, 1.54) is 32.4 Å². The van der Waals surface area contributed by atoms with E-state index in [4.69, 9.17) is 4.74 Å². The van der Waals surface area contributed by atoms with E-state index in [0.717, 1.165) is 42.9 Å². The summed E-state index contributed by atoms with van der Waals surface area (Å²) in [5.74, 6) is 1.19. The summed E-state index contributed by atoms with van der Waals surface area (Å²) in [4.78, 5) is 14.4. The molecule has 0 unspecified atom stereocenters. The normalized spacial score (nSPS) is 19.7. The number of fused-ring (bicyclic) bond motifs is 1. The molecule has 108 valence electrons. The lowest BCUT2D eigenvalue weighted by Gasteiger charge is -2.26. The lowest BCUT2D eigenvalue weighted by Crippen LogP contribution is -2.33. The first-order valence-corrected chi connectivity index (χ1v) is 7.85. The van der Waals surface area contributed by atoms with Crippen molar-refractivity contribution in [1.82, 2.24) is 4.90 Å². The number of benzene rings is 1. The van der Waals surface area contributed by atoms with Crippen LogP contribution in [0.15, 0.2) is 18.2 Å². The van der Waals surface area contributed by atoms with Crippen molar-refractivity contribution in [1.29, 1.82) is 0 Å². The first-order valence-electron chi connectivity index (χ1n) is 7.85. The molecule has 0 amide bonds. The van der Waals surface area contributed by atoms with Crippen LogP contribution in [0.4, 0.5) is 0 Å². The van der Waals surface area contributed by atoms with E-state index in [1.54, 1.807) is 0 Å². The summed E-state index contributed by atoms with van der Waals surface area (Å²) in [6.45, 7) is 4.13. The van der Waals surface area contributed by atoms with E-state index >= 15 is 0 Å². The van der Waals surface area contributed by atoms with Gasteiger partial charge in [0, 0.05) is 24.1 Å². The molecule has 1 aromatic rings.